The standard InChI is InChI=1S/C13H22N4O/c1-4-10-8-17(6-5-11(10)14)13-15-9(2)7-12(16-13)18-3/h7,10-11H,4-6,8,14H2,1-3H3. The fourth-order valence-corrected chi connectivity index (χ4v) is 2.43. The van der Waals surface area contributed by atoms with Crippen LogP contribution in [0.1, 0.15) is 25.5 Å². The van der Waals surface area contributed by atoms with Crippen molar-refractivity contribution in [1.82, 2.24) is 9.97 Å². The summed E-state index contributed by atoms with van der Waals surface area (Å²) in [6.07, 6.45) is 2.10. The molecule has 18 heavy (non-hydrogen) atoms. The molecule has 2 rings (SSSR count). The number of rotatable bonds is 3. The van der Waals surface area contributed by atoms with Crippen LogP contribution in [0.2, 0.25) is 0 Å². The predicted octanol–water partition coefficient (Wildman–Crippen LogP) is 1.36. The second-order valence-corrected chi connectivity index (χ2v) is 4.92. The minimum Gasteiger partial charge on any atom is -0.481 e. The molecule has 2 atom stereocenters. The van der Waals surface area contributed by atoms with E-state index in [1.807, 2.05) is 13.0 Å². The minimum absolute atomic E-state index is 0.304. The topological polar surface area (TPSA) is 64.3 Å². The molecule has 2 unspecified atom stereocenters. The third-order valence-electron chi connectivity index (χ3n) is 3.63. The maximum atomic E-state index is 6.12. The largest absolute Gasteiger partial charge is 0.481 e. The van der Waals surface area contributed by atoms with E-state index >= 15 is 0 Å². The molecule has 1 aliphatic heterocycles. The molecule has 0 spiro atoms. The van der Waals surface area contributed by atoms with E-state index < -0.39 is 0 Å². The Balaban J connectivity index is 2.18. The zero-order valence-corrected chi connectivity index (χ0v) is 11.4. The minimum atomic E-state index is 0.304. The fraction of sp³-hybridized carbons (Fsp3) is 0.692. The molecule has 0 aromatic carbocycles. The van der Waals surface area contributed by atoms with Crippen molar-refractivity contribution in [1.29, 1.82) is 0 Å². The lowest BCUT2D eigenvalue weighted by molar-refractivity contribution is 0.343. The molecule has 5 heteroatoms. The van der Waals surface area contributed by atoms with Gasteiger partial charge < -0.3 is 15.4 Å². The first kappa shape index (κ1) is 13.1. The molecule has 0 radical (unpaired) electrons. The molecule has 0 amide bonds. The first-order valence-corrected chi connectivity index (χ1v) is 6.54. The number of aryl methyl sites for hydroxylation is 1. The first-order valence-electron chi connectivity index (χ1n) is 6.54. The Labute approximate surface area is 108 Å². The molecule has 2 N–H and O–H groups in total. The summed E-state index contributed by atoms with van der Waals surface area (Å²) in [7, 11) is 1.63. The van der Waals surface area contributed by atoms with Gasteiger partial charge in [0, 0.05) is 30.9 Å². The number of hydrogen-bond donors (Lipinski definition) is 1. The average molecular weight is 250 g/mol. The Morgan fingerprint density at radius 1 is 1.50 bits per heavy atom. The van der Waals surface area contributed by atoms with Crippen molar-refractivity contribution in [2.75, 3.05) is 25.1 Å². The van der Waals surface area contributed by atoms with Gasteiger partial charge in [-0.2, -0.15) is 4.98 Å². The maximum Gasteiger partial charge on any atom is 0.228 e. The fourth-order valence-electron chi connectivity index (χ4n) is 2.43. The molecular formula is C13H22N4O. The maximum absolute atomic E-state index is 6.12. The Hall–Kier alpha value is -1.36. The third-order valence-corrected chi connectivity index (χ3v) is 3.63. The van der Waals surface area contributed by atoms with Crippen LogP contribution in [0.3, 0.4) is 0 Å². The zero-order valence-electron chi connectivity index (χ0n) is 11.4. The number of methoxy groups -OCH3 is 1. The zero-order chi connectivity index (χ0) is 13.1. The SMILES string of the molecule is CCC1CN(c2nc(C)cc(OC)n2)CCC1N. The lowest BCUT2D eigenvalue weighted by Crippen LogP contribution is -2.47. The summed E-state index contributed by atoms with van der Waals surface area (Å²) in [5, 5.41) is 0. The molecule has 1 aromatic heterocycles. The molecule has 1 saturated heterocycles. The van der Waals surface area contributed by atoms with Crippen LogP contribution in [0.15, 0.2) is 6.07 Å². The monoisotopic (exact) mass is 250 g/mol. The van der Waals surface area contributed by atoms with Crippen LogP contribution >= 0.6 is 0 Å². The highest BCUT2D eigenvalue weighted by atomic mass is 16.5. The van der Waals surface area contributed by atoms with E-state index in [1.165, 1.54) is 0 Å². The molecule has 0 bridgehead atoms. The van der Waals surface area contributed by atoms with Crippen LogP contribution in [-0.4, -0.2) is 36.2 Å². The first-order chi connectivity index (χ1) is 8.63. The van der Waals surface area contributed by atoms with Crippen molar-refractivity contribution < 1.29 is 4.74 Å². The van der Waals surface area contributed by atoms with Gasteiger partial charge in [-0.25, -0.2) is 4.98 Å². The van der Waals surface area contributed by atoms with Crippen LogP contribution in [0, 0.1) is 12.8 Å². The number of ether oxygens (including phenoxy) is 1. The van der Waals surface area contributed by atoms with E-state index in [0.29, 0.717) is 17.8 Å². The average Bonchev–Trinajstić information content (AvgIpc) is 2.38. The Bertz CT molecular complexity index is 410. The molecule has 100 valence electrons. The summed E-state index contributed by atoms with van der Waals surface area (Å²) in [6.45, 7) is 6.00. The van der Waals surface area contributed by atoms with E-state index in [4.69, 9.17) is 10.5 Å². The Morgan fingerprint density at radius 2 is 2.28 bits per heavy atom. The van der Waals surface area contributed by atoms with E-state index in [1.54, 1.807) is 7.11 Å². The van der Waals surface area contributed by atoms with Crippen LogP contribution in [0.25, 0.3) is 0 Å². The molecular weight excluding hydrogens is 228 g/mol. The van der Waals surface area contributed by atoms with Gasteiger partial charge in [0.1, 0.15) is 0 Å². The number of aromatic nitrogens is 2. The second-order valence-electron chi connectivity index (χ2n) is 4.92. The van der Waals surface area contributed by atoms with Gasteiger partial charge >= 0.3 is 0 Å². The highest BCUT2D eigenvalue weighted by Crippen LogP contribution is 2.23. The van der Waals surface area contributed by atoms with Gasteiger partial charge in [0.2, 0.25) is 11.8 Å². The van der Waals surface area contributed by atoms with Crippen molar-refractivity contribution in [3.05, 3.63) is 11.8 Å². The van der Waals surface area contributed by atoms with Gasteiger partial charge in [0.05, 0.1) is 7.11 Å². The molecule has 1 fully saturated rings. The van der Waals surface area contributed by atoms with Crippen LogP contribution in [-0.2, 0) is 0 Å². The molecule has 0 saturated carbocycles. The number of hydrogen-bond acceptors (Lipinski definition) is 5. The van der Waals surface area contributed by atoms with E-state index in [2.05, 4.69) is 21.8 Å². The van der Waals surface area contributed by atoms with Gasteiger partial charge in [0.25, 0.3) is 0 Å². The van der Waals surface area contributed by atoms with Gasteiger partial charge in [0.15, 0.2) is 0 Å². The Morgan fingerprint density at radius 3 is 2.94 bits per heavy atom. The highest BCUT2D eigenvalue weighted by molar-refractivity contribution is 5.35. The van der Waals surface area contributed by atoms with Gasteiger partial charge in [-0.1, -0.05) is 13.3 Å². The normalized spacial score (nSPS) is 24.1. The number of piperidine rings is 1. The predicted molar refractivity (Wildman–Crippen MR) is 71.9 cm³/mol. The van der Waals surface area contributed by atoms with Crippen LogP contribution in [0.4, 0.5) is 5.95 Å². The molecule has 5 nitrogen and oxygen atoms in total. The van der Waals surface area contributed by atoms with Crippen molar-refractivity contribution in [2.24, 2.45) is 11.7 Å². The van der Waals surface area contributed by atoms with Gasteiger partial charge in [-0.3, -0.25) is 0 Å². The van der Waals surface area contributed by atoms with E-state index in [9.17, 15) is 0 Å². The smallest absolute Gasteiger partial charge is 0.228 e. The molecule has 0 aliphatic carbocycles. The van der Waals surface area contributed by atoms with Crippen molar-refractivity contribution in [3.8, 4) is 5.88 Å². The summed E-state index contributed by atoms with van der Waals surface area (Å²) in [6, 6.07) is 2.15. The summed E-state index contributed by atoms with van der Waals surface area (Å²) < 4.78 is 5.20. The number of nitrogens with zero attached hydrogens (tertiary/aromatic N) is 3. The van der Waals surface area contributed by atoms with Crippen LogP contribution in [0.5, 0.6) is 5.88 Å². The molecule has 1 aliphatic rings. The quantitative estimate of drug-likeness (QED) is 0.877. The second kappa shape index (κ2) is 5.52. The Kier molecular flexibility index (Phi) is 4.01. The summed E-state index contributed by atoms with van der Waals surface area (Å²) in [5.41, 5.74) is 7.05. The molecule has 2 heterocycles. The third kappa shape index (κ3) is 2.72. The van der Waals surface area contributed by atoms with Gasteiger partial charge in [-0.05, 0) is 19.3 Å². The summed E-state index contributed by atoms with van der Waals surface area (Å²) >= 11 is 0. The van der Waals surface area contributed by atoms with Crippen molar-refractivity contribution in [2.45, 2.75) is 32.7 Å². The number of nitrogens with two attached hydrogens (primary N) is 1. The number of anilines is 1. The van der Waals surface area contributed by atoms with E-state index in [-0.39, 0.29) is 0 Å². The molecule has 1 aromatic rings. The van der Waals surface area contributed by atoms with Crippen LogP contribution < -0.4 is 15.4 Å². The van der Waals surface area contributed by atoms with Crippen molar-refractivity contribution >= 4 is 5.95 Å². The summed E-state index contributed by atoms with van der Waals surface area (Å²) in [4.78, 5) is 11.1. The van der Waals surface area contributed by atoms with Gasteiger partial charge in [-0.15, -0.1) is 0 Å². The highest BCUT2D eigenvalue weighted by Gasteiger charge is 2.26. The van der Waals surface area contributed by atoms with Crippen molar-refractivity contribution in [3.63, 3.8) is 0 Å². The lowest BCUT2D eigenvalue weighted by atomic mass is 9.91. The summed E-state index contributed by atoms with van der Waals surface area (Å²) in [5.74, 6) is 1.91. The van der Waals surface area contributed by atoms with E-state index in [0.717, 1.165) is 37.6 Å². The lowest BCUT2D eigenvalue weighted by Gasteiger charge is -2.36.